The van der Waals surface area contributed by atoms with E-state index in [1.165, 1.54) is 28.3 Å². The van der Waals surface area contributed by atoms with Crippen molar-refractivity contribution >= 4 is 10.8 Å². The normalized spacial score (nSPS) is 10.2. The highest BCUT2D eigenvalue weighted by Crippen LogP contribution is 2.19. The summed E-state index contributed by atoms with van der Waals surface area (Å²) in [5.74, 6) is 0.730. The molecule has 0 unspecified atom stereocenters. The third-order valence-electron chi connectivity index (χ3n) is 2.70. The summed E-state index contributed by atoms with van der Waals surface area (Å²) in [4.78, 5) is 0. The van der Waals surface area contributed by atoms with Crippen molar-refractivity contribution in [3.8, 4) is 0 Å². The minimum absolute atomic E-state index is 0.730. The summed E-state index contributed by atoms with van der Waals surface area (Å²) in [7, 11) is 0. The van der Waals surface area contributed by atoms with Gasteiger partial charge in [0, 0.05) is 0 Å². The zero-order chi connectivity index (χ0) is 12.8. The Balaban J connectivity index is 0.000000686. The summed E-state index contributed by atoms with van der Waals surface area (Å²) in [6.07, 6.45) is 1.17. The molecule has 92 valence electrons. The number of benzene rings is 2. The molecule has 0 saturated carbocycles. The van der Waals surface area contributed by atoms with Crippen molar-refractivity contribution in [3.05, 3.63) is 47.5 Å². The van der Waals surface area contributed by atoms with Gasteiger partial charge in [0.05, 0.1) is 0 Å². The first-order valence-electron chi connectivity index (χ1n) is 6.64. The second kappa shape index (κ2) is 6.44. The first-order chi connectivity index (χ1) is 8.15. The van der Waals surface area contributed by atoms with Crippen molar-refractivity contribution in [3.63, 3.8) is 0 Å². The average molecular weight is 228 g/mol. The van der Waals surface area contributed by atoms with Crippen molar-refractivity contribution in [2.75, 3.05) is 0 Å². The Hall–Kier alpha value is -1.30. The third-order valence-corrected chi connectivity index (χ3v) is 2.70. The molecule has 0 radical (unpaired) electrons. The van der Waals surface area contributed by atoms with Crippen LogP contribution in [-0.2, 0) is 6.42 Å². The molecule has 0 heteroatoms. The molecule has 0 aliphatic carbocycles. The molecule has 0 bridgehead atoms. The van der Waals surface area contributed by atoms with E-state index in [4.69, 9.17) is 0 Å². The molecule has 0 aliphatic rings. The van der Waals surface area contributed by atoms with Crippen molar-refractivity contribution in [1.82, 2.24) is 0 Å². The molecule has 0 amide bonds. The lowest BCUT2D eigenvalue weighted by atomic mass is 9.99. The molecule has 0 fully saturated rings. The molecule has 2 aromatic carbocycles. The molecule has 0 nitrogen and oxygen atoms in total. The van der Waals surface area contributed by atoms with Crippen molar-refractivity contribution in [1.29, 1.82) is 0 Å². The van der Waals surface area contributed by atoms with Crippen LogP contribution in [0, 0.1) is 12.8 Å². The lowest BCUT2D eigenvalue weighted by Crippen LogP contribution is -1.93. The zero-order valence-corrected chi connectivity index (χ0v) is 11.7. The van der Waals surface area contributed by atoms with Crippen LogP contribution in [-0.4, -0.2) is 0 Å². The van der Waals surface area contributed by atoms with Gasteiger partial charge < -0.3 is 0 Å². The smallest absolute Gasteiger partial charge is 0.0181 e. The van der Waals surface area contributed by atoms with Crippen LogP contribution in [0.1, 0.15) is 38.8 Å². The quantitative estimate of drug-likeness (QED) is 0.648. The SMILES string of the molecule is CC.Cc1ccc2cc(CC(C)C)ccc2c1. The molecular weight excluding hydrogens is 204 g/mol. The number of aryl methyl sites for hydroxylation is 1. The predicted molar refractivity (Wildman–Crippen MR) is 78.6 cm³/mol. The van der Waals surface area contributed by atoms with Gasteiger partial charge in [-0.3, -0.25) is 0 Å². The number of rotatable bonds is 2. The van der Waals surface area contributed by atoms with Crippen LogP contribution in [0.5, 0.6) is 0 Å². The fourth-order valence-corrected chi connectivity index (χ4v) is 2.01. The van der Waals surface area contributed by atoms with Gasteiger partial charge in [0.25, 0.3) is 0 Å². The highest BCUT2D eigenvalue weighted by molar-refractivity contribution is 5.83. The highest BCUT2D eigenvalue weighted by Gasteiger charge is 1.99. The van der Waals surface area contributed by atoms with E-state index in [0.717, 1.165) is 5.92 Å². The van der Waals surface area contributed by atoms with E-state index < -0.39 is 0 Å². The van der Waals surface area contributed by atoms with Gasteiger partial charge in [0.15, 0.2) is 0 Å². The van der Waals surface area contributed by atoms with Crippen LogP contribution >= 0.6 is 0 Å². The summed E-state index contributed by atoms with van der Waals surface area (Å²) in [6.45, 7) is 10.7. The van der Waals surface area contributed by atoms with Gasteiger partial charge in [-0.15, -0.1) is 0 Å². The maximum atomic E-state index is 2.31. The maximum absolute atomic E-state index is 2.31. The Morgan fingerprint density at radius 2 is 1.47 bits per heavy atom. The van der Waals surface area contributed by atoms with Crippen molar-refractivity contribution < 1.29 is 0 Å². The fourth-order valence-electron chi connectivity index (χ4n) is 2.01. The number of hydrogen-bond donors (Lipinski definition) is 0. The Labute approximate surface area is 106 Å². The van der Waals surface area contributed by atoms with Gasteiger partial charge in [-0.2, -0.15) is 0 Å². The van der Waals surface area contributed by atoms with E-state index in [0.29, 0.717) is 0 Å². The number of fused-ring (bicyclic) bond motifs is 1. The topological polar surface area (TPSA) is 0 Å². The van der Waals surface area contributed by atoms with Gasteiger partial charge in [0.1, 0.15) is 0 Å². The Morgan fingerprint density at radius 1 is 0.882 bits per heavy atom. The van der Waals surface area contributed by atoms with Gasteiger partial charge in [-0.1, -0.05) is 69.7 Å². The summed E-state index contributed by atoms with van der Waals surface area (Å²) in [6, 6.07) is 13.4. The fraction of sp³-hybridized carbons (Fsp3) is 0.412. The largest absolute Gasteiger partial charge is 0.0683 e. The van der Waals surface area contributed by atoms with Crippen LogP contribution in [0.15, 0.2) is 36.4 Å². The minimum Gasteiger partial charge on any atom is -0.0683 e. The summed E-state index contributed by atoms with van der Waals surface area (Å²) in [5, 5.41) is 2.71. The molecule has 17 heavy (non-hydrogen) atoms. The molecule has 0 N–H and O–H groups in total. The van der Waals surface area contributed by atoms with E-state index in [9.17, 15) is 0 Å². The Kier molecular flexibility index (Phi) is 5.21. The van der Waals surface area contributed by atoms with Crippen molar-refractivity contribution in [2.24, 2.45) is 5.92 Å². The predicted octanol–water partition coefficient (Wildman–Crippen LogP) is 5.37. The van der Waals surface area contributed by atoms with Gasteiger partial charge in [-0.25, -0.2) is 0 Å². The van der Waals surface area contributed by atoms with Crippen LogP contribution in [0.3, 0.4) is 0 Å². The first kappa shape index (κ1) is 13.8. The molecular formula is C17H24. The molecule has 0 atom stereocenters. The van der Waals surface area contributed by atoms with Gasteiger partial charge in [-0.05, 0) is 35.6 Å². The third kappa shape index (κ3) is 3.89. The summed E-state index contributed by atoms with van der Waals surface area (Å²) in [5.41, 5.74) is 2.78. The van der Waals surface area contributed by atoms with E-state index in [1.54, 1.807) is 0 Å². The van der Waals surface area contributed by atoms with Crippen molar-refractivity contribution in [2.45, 2.75) is 41.0 Å². The van der Waals surface area contributed by atoms with E-state index in [2.05, 4.69) is 57.2 Å². The van der Waals surface area contributed by atoms with Crippen LogP contribution in [0.25, 0.3) is 10.8 Å². The zero-order valence-electron chi connectivity index (χ0n) is 11.7. The highest BCUT2D eigenvalue weighted by atomic mass is 14.0. The van der Waals surface area contributed by atoms with E-state index in [1.807, 2.05) is 13.8 Å². The van der Waals surface area contributed by atoms with Gasteiger partial charge >= 0.3 is 0 Å². The lowest BCUT2D eigenvalue weighted by molar-refractivity contribution is 0.648. The average Bonchev–Trinajstić information content (AvgIpc) is 2.31. The molecule has 2 aromatic rings. The second-order valence-corrected chi connectivity index (χ2v) is 4.78. The summed E-state index contributed by atoms with van der Waals surface area (Å²) < 4.78 is 0. The Bertz CT molecular complexity index is 466. The molecule has 0 heterocycles. The van der Waals surface area contributed by atoms with Crippen LogP contribution in [0.2, 0.25) is 0 Å². The van der Waals surface area contributed by atoms with E-state index in [-0.39, 0.29) is 0 Å². The Morgan fingerprint density at radius 3 is 2.12 bits per heavy atom. The second-order valence-electron chi connectivity index (χ2n) is 4.78. The molecule has 0 saturated heterocycles. The maximum Gasteiger partial charge on any atom is -0.0181 e. The lowest BCUT2D eigenvalue weighted by Gasteiger charge is -2.06. The molecule has 0 spiro atoms. The number of hydrogen-bond acceptors (Lipinski definition) is 0. The van der Waals surface area contributed by atoms with Crippen LogP contribution in [0.4, 0.5) is 0 Å². The minimum atomic E-state index is 0.730. The standard InChI is InChI=1S/C15H18.C2H6/c1-11(2)8-13-5-7-14-9-12(3)4-6-15(14)10-13;1-2/h4-7,9-11H,8H2,1-3H3;1-2H3. The van der Waals surface area contributed by atoms with Gasteiger partial charge in [0.2, 0.25) is 0 Å². The first-order valence-corrected chi connectivity index (χ1v) is 6.64. The molecule has 0 aromatic heterocycles. The monoisotopic (exact) mass is 228 g/mol. The molecule has 2 rings (SSSR count). The molecule has 0 aliphatic heterocycles. The van der Waals surface area contributed by atoms with E-state index >= 15 is 0 Å². The summed E-state index contributed by atoms with van der Waals surface area (Å²) >= 11 is 0. The van der Waals surface area contributed by atoms with Crippen LogP contribution < -0.4 is 0 Å².